The van der Waals surface area contributed by atoms with Crippen molar-refractivity contribution in [1.29, 1.82) is 5.26 Å². The third kappa shape index (κ3) is 3.93. The predicted octanol–water partition coefficient (Wildman–Crippen LogP) is 4.39. The number of aromatic nitrogens is 2. The molecule has 0 saturated carbocycles. The summed E-state index contributed by atoms with van der Waals surface area (Å²) in [5.74, 6) is 0.963. The third-order valence-corrected chi connectivity index (χ3v) is 7.23. The van der Waals surface area contributed by atoms with Gasteiger partial charge in [-0.05, 0) is 49.8 Å². The molecule has 4 rings (SSSR count). The number of thioether (sulfide) groups is 1. The molecule has 0 fully saturated rings. The molecular weight excluding hydrogens is 402 g/mol. The Kier molecular flexibility index (Phi) is 5.43. The van der Waals surface area contributed by atoms with Crippen LogP contribution in [0.2, 0.25) is 0 Å². The van der Waals surface area contributed by atoms with E-state index in [-0.39, 0.29) is 5.91 Å². The summed E-state index contributed by atoms with van der Waals surface area (Å²) in [6.07, 6.45) is 3.25. The lowest BCUT2D eigenvalue weighted by Gasteiger charge is -2.17. The zero-order chi connectivity index (χ0) is 20.5. The number of nitrogens with one attached hydrogen (secondary N) is 1. The van der Waals surface area contributed by atoms with Gasteiger partial charge in [0.05, 0.1) is 21.9 Å². The van der Waals surface area contributed by atoms with Crippen LogP contribution in [0, 0.1) is 17.2 Å². The van der Waals surface area contributed by atoms with Gasteiger partial charge < -0.3 is 11.1 Å². The van der Waals surface area contributed by atoms with Crippen LogP contribution < -0.4 is 11.1 Å². The van der Waals surface area contributed by atoms with Gasteiger partial charge in [-0.1, -0.05) is 30.8 Å². The summed E-state index contributed by atoms with van der Waals surface area (Å²) in [4.78, 5) is 24.0. The van der Waals surface area contributed by atoms with Crippen molar-refractivity contribution in [2.75, 3.05) is 11.1 Å². The van der Waals surface area contributed by atoms with Gasteiger partial charge >= 0.3 is 0 Å². The van der Waals surface area contributed by atoms with Crippen LogP contribution in [-0.4, -0.2) is 21.1 Å². The van der Waals surface area contributed by atoms with Gasteiger partial charge in [-0.3, -0.25) is 4.79 Å². The minimum absolute atomic E-state index is 0.209. The van der Waals surface area contributed by atoms with Gasteiger partial charge in [-0.2, -0.15) is 5.26 Å². The molecule has 2 aromatic heterocycles. The van der Waals surface area contributed by atoms with Crippen LogP contribution in [0.15, 0.2) is 29.4 Å². The standard InChI is InChI=1S/C21H21N5OS2/c1-11-7-8-14-16(9-11)29-20-17(14)18(23)25-21(26-20)28-12(2)19(27)24-15-6-4-3-5-13(15)10-22/h3-6,11-12H,7-9H2,1-2H3,(H,24,27)(H2,23,25,26). The average molecular weight is 424 g/mol. The van der Waals surface area contributed by atoms with Gasteiger partial charge in [-0.15, -0.1) is 11.3 Å². The molecule has 1 aliphatic carbocycles. The van der Waals surface area contributed by atoms with Crippen molar-refractivity contribution < 1.29 is 4.79 Å². The quantitative estimate of drug-likeness (QED) is 0.476. The Labute approximate surface area is 177 Å². The van der Waals surface area contributed by atoms with Gasteiger partial charge in [0.2, 0.25) is 5.91 Å². The fourth-order valence-electron chi connectivity index (χ4n) is 3.54. The molecule has 8 heteroatoms. The summed E-state index contributed by atoms with van der Waals surface area (Å²) >= 11 is 2.96. The number of anilines is 2. The minimum Gasteiger partial charge on any atom is -0.383 e. The summed E-state index contributed by atoms with van der Waals surface area (Å²) in [6, 6.07) is 9.01. The Bertz CT molecular complexity index is 1130. The van der Waals surface area contributed by atoms with Crippen LogP contribution in [0.1, 0.15) is 36.3 Å². The van der Waals surface area contributed by atoms with E-state index in [1.165, 1.54) is 22.2 Å². The molecule has 1 amide bonds. The lowest BCUT2D eigenvalue weighted by molar-refractivity contribution is -0.115. The van der Waals surface area contributed by atoms with Crippen molar-refractivity contribution in [2.24, 2.45) is 5.92 Å². The van der Waals surface area contributed by atoms with Crippen LogP contribution in [0.3, 0.4) is 0 Å². The fraction of sp³-hybridized carbons (Fsp3) is 0.333. The number of rotatable bonds is 4. The predicted molar refractivity (Wildman–Crippen MR) is 118 cm³/mol. The largest absolute Gasteiger partial charge is 0.383 e. The van der Waals surface area contributed by atoms with E-state index in [2.05, 4.69) is 28.3 Å². The van der Waals surface area contributed by atoms with E-state index in [1.54, 1.807) is 42.5 Å². The van der Waals surface area contributed by atoms with Crippen molar-refractivity contribution in [3.8, 4) is 6.07 Å². The molecular formula is C21H21N5OS2. The molecule has 148 valence electrons. The van der Waals surface area contributed by atoms with Crippen molar-refractivity contribution >= 4 is 50.7 Å². The van der Waals surface area contributed by atoms with Crippen LogP contribution in [0.25, 0.3) is 10.2 Å². The molecule has 6 nitrogen and oxygen atoms in total. The maximum absolute atomic E-state index is 12.6. The molecule has 2 unspecified atom stereocenters. The first-order chi connectivity index (χ1) is 14.0. The molecule has 1 aliphatic rings. The number of nitrogen functional groups attached to an aromatic ring is 1. The number of aryl methyl sites for hydroxylation is 1. The molecule has 2 heterocycles. The van der Waals surface area contributed by atoms with Crippen LogP contribution in [0.5, 0.6) is 0 Å². The number of carbonyl (C=O) groups is 1. The van der Waals surface area contributed by atoms with Crippen molar-refractivity contribution in [2.45, 2.75) is 43.5 Å². The second-order valence-corrected chi connectivity index (χ2v) is 9.72. The molecule has 0 spiro atoms. The molecule has 0 saturated heterocycles. The number of nitrogens with two attached hydrogens (primary N) is 1. The third-order valence-electron chi connectivity index (χ3n) is 5.12. The summed E-state index contributed by atoms with van der Waals surface area (Å²) in [5, 5.41) is 13.0. The van der Waals surface area contributed by atoms with E-state index in [4.69, 9.17) is 5.73 Å². The van der Waals surface area contributed by atoms with Gasteiger partial charge in [0.15, 0.2) is 5.16 Å². The first kappa shape index (κ1) is 19.7. The number of hydrogen-bond donors (Lipinski definition) is 2. The number of nitrogens with zero attached hydrogens (tertiary/aromatic N) is 3. The second-order valence-electron chi connectivity index (χ2n) is 7.33. The number of nitriles is 1. The van der Waals surface area contributed by atoms with E-state index in [1.807, 2.05) is 0 Å². The Balaban J connectivity index is 1.54. The number of thiophene rings is 1. The summed E-state index contributed by atoms with van der Waals surface area (Å²) in [7, 11) is 0. The summed E-state index contributed by atoms with van der Waals surface area (Å²) < 4.78 is 0. The number of carbonyl (C=O) groups excluding carboxylic acids is 1. The summed E-state index contributed by atoms with van der Waals surface area (Å²) in [5.41, 5.74) is 8.51. The Morgan fingerprint density at radius 3 is 3.00 bits per heavy atom. The Hall–Kier alpha value is -2.63. The van der Waals surface area contributed by atoms with Gasteiger partial charge in [0.25, 0.3) is 0 Å². The fourth-order valence-corrected chi connectivity index (χ4v) is 5.76. The highest BCUT2D eigenvalue weighted by Gasteiger charge is 2.24. The van der Waals surface area contributed by atoms with Gasteiger partial charge in [-0.25, -0.2) is 9.97 Å². The van der Waals surface area contributed by atoms with E-state index in [9.17, 15) is 10.1 Å². The zero-order valence-electron chi connectivity index (χ0n) is 16.2. The first-order valence-electron chi connectivity index (χ1n) is 9.50. The monoisotopic (exact) mass is 423 g/mol. The Morgan fingerprint density at radius 2 is 2.21 bits per heavy atom. The van der Waals surface area contributed by atoms with E-state index >= 15 is 0 Å². The highest BCUT2D eigenvalue weighted by atomic mass is 32.2. The molecule has 1 aromatic carbocycles. The Morgan fingerprint density at radius 1 is 1.41 bits per heavy atom. The smallest absolute Gasteiger partial charge is 0.237 e. The minimum atomic E-state index is -0.437. The van der Waals surface area contributed by atoms with Crippen molar-refractivity contribution in [1.82, 2.24) is 9.97 Å². The summed E-state index contributed by atoms with van der Waals surface area (Å²) in [6.45, 7) is 4.06. The number of hydrogen-bond acceptors (Lipinski definition) is 7. The molecule has 0 aliphatic heterocycles. The molecule has 3 aromatic rings. The maximum Gasteiger partial charge on any atom is 0.237 e. The molecule has 3 N–H and O–H groups in total. The highest BCUT2D eigenvalue weighted by molar-refractivity contribution is 8.00. The van der Waals surface area contributed by atoms with E-state index < -0.39 is 5.25 Å². The van der Waals surface area contributed by atoms with Crippen LogP contribution in [-0.2, 0) is 17.6 Å². The van der Waals surface area contributed by atoms with Gasteiger partial charge in [0.1, 0.15) is 16.7 Å². The molecule has 0 bridgehead atoms. The van der Waals surface area contributed by atoms with Crippen LogP contribution in [0.4, 0.5) is 11.5 Å². The van der Waals surface area contributed by atoms with Gasteiger partial charge in [0, 0.05) is 4.88 Å². The zero-order valence-corrected chi connectivity index (χ0v) is 17.9. The van der Waals surface area contributed by atoms with E-state index in [0.717, 1.165) is 29.5 Å². The number of amides is 1. The number of benzene rings is 1. The lowest BCUT2D eigenvalue weighted by atomic mass is 9.89. The van der Waals surface area contributed by atoms with Crippen LogP contribution >= 0.6 is 23.1 Å². The molecule has 0 radical (unpaired) electrons. The first-order valence-corrected chi connectivity index (χ1v) is 11.2. The number of para-hydroxylation sites is 1. The topological polar surface area (TPSA) is 105 Å². The normalized spacial score (nSPS) is 16.8. The highest BCUT2D eigenvalue weighted by Crippen LogP contribution is 2.40. The van der Waals surface area contributed by atoms with Crippen molar-refractivity contribution in [3.05, 3.63) is 40.3 Å². The molecule has 29 heavy (non-hydrogen) atoms. The SMILES string of the molecule is CC1CCc2c(sc3nc(SC(C)C(=O)Nc4ccccc4C#N)nc(N)c23)C1. The van der Waals surface area contributed by atoms with Crippen molar-refractivity contribution in [3.63, 3.8) is 0 Å². The maximum atomic E-state index is 12.6. The lowest BCUT2D eigenvalue weighted by Crippen LogP contribution is -2.23. The molecule has 2 atom stereocenters. The van der Waals surface area contributed by atoms with E-state index in [0.29, 0.717) is 28.1 Å². The number of fused-ring (bicyclic) bond motifs is 3. The second kappa shape index (κ2) is 8.01. The average Bonchev–Trinajstić information content (AvgIpc) is 3.05.